The first-order chi connectivity index (χ1) is 9.60. The fourth-order valence-corrected chi connectivity index (χ4v) is 2.41. The van der Waals surface area contributed by atoms with E-state index < -0.39 is 0 Å². The Bertz CT molecular complexity index is 676. The molecule has 0 aromatic carbocycles. The highest BCUT2D eigenvalue weighted by Gasteiger charge is 2.11. The van der Waals surface area contributed by atoms with Crippen molar-refractivity contribution < 1.29 is 9.90 Å². The maximum absolute atomic E-state index is 12.1. The predicted molar refractivity (Wildman–Crippen MR) is 78.8 cm³/mol. The van der Waals surface area contributed by atoms with E-state index in [9.17, 15) is 4.79 Å². The van der Waals surface area contributed by atoms with E-state index in [4.69, 9.17) is 5.11 Å². The van der Waals surface area contributed by atoms with E-state index in [0.717, 1.165) is 10.6 Å². The van der Waals surface area contributed by atoms with Crippen LogP contribution in [0.5, 0.6) is 0 Å². The molecule has 0 bridgehead atoms. The summed E-state index contributed by atoms with van der Waals surface area (Å²) in [6.07, 6.45) is 0.438. The average molecular weight is 289 g/mol. The average Bonchev–Trinajstić information content (AvgIpc) is 2.97. The minimum atomic E-state index is -0.173. The summed E-state index contributed by atoms with van der Waals surface area (Å²) in [5.74, 6) is 6.23. The summed E-state index contributed by atoms with van der Waals surface area (Å²) in [7, 11) is 1.78. The van der Waals surface area contributed by atoms with Crippen LogP contribution in [-0.4, -0.2) is 27.4 Å². The Morgan fingerprint density at radius 3 is 3.00 bits per heavy atom. The first kappa shape index (κ1) is 14.3. The Balaban J connectivity index is 2.07. The van der Waals surface area contributed by atoms with Crippen LogP contribution in [0.3, 0.4) is 0 Å². The van der Waals surface area contributed by atoms with Crippen molar-refractivity contribution >= 4 is 23.1 Å². The molecule has 2 N–H and O–H groups in total. The van der Waals surface area contributed by atoms with E-state index in [1.807, 2.05) is 13.0 Å². The Hall–Kier alpha value is -2.10. The third kappa shape index (κ3) is 3.47. The molecule has 104 valence electrons. The van der Waals surface area contributed by atoms with Gasteiger partial charge in [0.15, 0.2) is 0 Å². The molecule has 0 atom stereocenters. The maximum Gasteiger partial charge on any atom is 0.266 e. The molecule has 0 unspecified atom stereocenters. The zero-order valence-electron chi connectivity index (χ0n) is 11.3. The molecule has 1 amide bonds. The largest absolute Gasteiger partial charge is 0.395 e. The number of thiophene rings is 1. The van der Waals surface area contributed by atoms with E-state index in [1.54, 1.807) is 23.9 Å². The van der Waals surface area contributed by atoms with Crippen LogP contribution in [0, 0.1) is 18.8 Å². The van der Waals surface area contributed by atoms with Gasteiger partial charge in [0, 0.05) is 19.5 Å². The quantitative estimate of drug-likeness (QED) is 0.846. The number of anilines is 1. The lowest BCUT2D eigenvalue weighted by atomic mass is 10.4. The molecule has 2 aromatic heterocycles. The summed E-state index contributed by atoms with van der Waals surface area (Å²) in [6, 6.07) is 5.36. The molecule has 0 spiro atoms. The third-order valence-electron chi connectivity index (χ3n) is 2.52. The molecule has 2 aromatic rings. The number of carbonyl (C=O) groups excluding carboxylic acids is 1. The zero-order chi connectivity index (χ0) is 14.5. The maximum atomic E-state index is 12.1. The van der Waals surface area contributed by atoms with Gasteiger partial charge in [0.2, 0.25) is 0 Å². The molecule has 0 saturated heterocycles. The monoisotopic (exact) mass is 289 g/mol. The van der Waals surface area contributed by atoms with Crippen molar-refractivity contribution in [1.82, 2.24) is 9.78 Å². The summed E-state index contributed by atoms with van der Waals surface area (Å²) in [6.45, 7) is 1.92. The number of hydrogen-bond acceptors (Lipinski definition) is 4. The molecule has 5 nitrogen and oxygen atoms in total. The van der Waals surface area contributed by atoms with E-state index >= 15 is 0 Å². The molecule has 2 heterocycles. The topological polar surface area (TPSA) is 67.2 Å². The Kier molecular flexibility index (Phi) is 4.56. The number of carbonyl (C=O) groups is 1. The number of rotatable bonds is 3. The van der Waals surface area contributed by atoms with Gasteiger partial charge in [-0.25, -0.2) is 0 Å². The number of aliphatic hydroxyl groups is 1. The van der Waals surface area contributed by atoms with Crippen molar-refractivity contribution in [3.8, 4) is 11.8 Å². The molecule has 0 fully saturated rings. The lowest BCUT2D eigenvalue weighted by Crippen LogP contribution is -2.13. The molecule has 20 heavy (non-hydrogen) atoms. The molecule has 0 aliphatic carbocycles. The van der Waals surface area contributed by atoms with Crippen molar-refractivity contribution in [3.63, 3.8) is 0 Å². The number of nitrogens with one attached hydrogen (secondary N) is 1. The lowest BCUT2D eigenvalue weighted by Gasteiger charge is -2.02. The van der Waals surface area contributed by atoms with Gasteiger partial charge in [-0.3, -0.25) is 9.48 Å². The summed E-state index contributed by atoms with van der Waals surface area (Å²) in [4.78, 5) is 13.5. The van der Waals surface area contributed by atoms with Gasteiger partial charge >= 0.3 is 0 Å². The van der Waals surface area contributed by atoms with E-state index in [2.05, 4.69) is 22.3 Å². The van der Waals surface area contributed by atoms with E-state index in [1.165, 1.54) is 11.3 Å². The lowest BCUT2D eigenvalue weighted by molar-refractivity contribution is 0.102. The Morgan fingerprint density at radius 2 is 2.35 bits per heavy atom. The SMILES string of the molecule is Cc1cc(NC(=O)c2ccc(C#CCCO)s2)n(C)n1. The van der Waals surface area contributed by atoms with Crippen LogP contribution in [0.1, 0.15) is 26.7 Å². The van der Waals surface area contributed by atoms with Gasteiger partial charge in [0.25, 0.3) is 5.91 Å². The molecule has 6 heteroatoms. The van der Waals surface area contributed by atoms with Crippen molar-refractivity contribution in [2.45, 2.75) is 13.3 Å². The smallest absolute Gasteiger partial charge is 0.266 e. The number of hydrogen-bond donors (Lipinski definition) is 2. The van der Waals surface area contributed by atoms with Gasteiger partial charge in [-0.1, -0.05) is 11.8 Å². The standard InChI is InChI=1S/C14H15N3O2S/c1-10-9-13(17(2)16-10)15-14(19)12-7-6-11(20-12)5-3-4-8-18/h6-7,9,18H,4,8H2,1-2H3,(H,15,19). The second-order valence-electron chi connectivity index (χ2n) is 4.19. The summed E-state index contributed by atoms with van der Waals surface area (Å²) < 4.78 is 1.63. The van der Waals surface area contributed by atoms with Gasteiger partial charge in [0.1, 0.15) is 5.82 Å². The Labute approximate surface area is 121 Å². The molecule has 0 saturated carbocycles. The van der Waals surface area contributed by atoms with Crippen molar-refractivity contribution in [2.24, 2.45) is 7.05 Å². The van der Waals surface area contributed by atoms with Crippen molar-refractivity contribution in [3.05, 3.63) is 33.6 Å². The van der Waals surface area contributed by atoms with Gasteiger partial charge in [-0.05, 0) is 19.1 Å². The van der Waals surface area contributed by atoms with Gasteiger partial charge in [-0.2, -0.15) is 5.10 Å². The van der Waals surface area contributed by atoms with Crippen LogP contribution in [0.25, 0.3) is 0 Å². The zero-order valence-corrected chi connectivity index (χ0v) is 12.1. The second kappa shape index (κ2) is 6.37. The molecular weight excluding hydrogens is 274 g/mol. The molecule has 2 rings (SSSR count). The highest BCUT2D eigenvalue weighted by molar-refractivity contribution is 7.14. The van der Waals surface area contributed by atoms with Crippen LogP contribution in [0.15, 0.2) is 18.2 Å². The fraction of sp³-hybridized carbons (Fsp3) is 0.286. The van der Waals surface area contributed by atoms with E-state index in [0.29, 0.717) is 17.1 Å². The number of aryl methyl sites for hydroxylation is 2. The fourth-order valence-electron chi connectivity index (χ4n) is 1.64. The van der Waals surface area contributed by atoms with E-state index in [-0.39, 0.29) is 12.5 Å². The highest BCUT2D eigenvalue weighted by Crippen LogP contribution is 2.17. The van der Waals surface area contributed by atoms with Crippen LogP contribution < -0.4 is 5.32 Å². The first-order valence-electron chi connectivity index (χ1n) is 6.11. The minimum Gasteiger partial charge on any atom is -0.395 e. The molecule has 0 radical (unpaired) electrons. The van der Waals surface area contributed by atoms with Gasteiger partial charge in [-0.15, -0.1) is 11.3 Å². The molecule has 0 aliphatic heterocycles. The predicted octanol–water partition coefficient (Wildman–Crippen LogP) is 1.78. The van der Waals surface area contributed by atoms with Crippen molar-refractivity contribution in [2.75, 3.05) is 11.9 Å². The normalized spacial score (nSPS) is 9.95. The third-order valence-corrected chi connectivity index (χ3v) is 3.52. The molecular formula is C14H15N3O2S. The van der Waals surface area contributed by atoms with Crippen molar-refractivity contribution in [1.29, 1.82) is 0 Å². The Morgan fingerprint density at radius 1 is 1.55 bits per heavy atom. The summed E-state index contributed by atoms with van der Waals surface area (Å²) in [5, 5.41) is 15.6. The van der Waals surface area contributed by atoms with Crippen LogP contribution in [0.2, 0.25) is 0 Å². The van der Waals surface area contributed by atoms with Crippen LogP contribution in [0.4, 0.5) is 5.82 Å². The number of aliphatic hydroxyl groups excluding tert-OH is 1. The van der Waals surface area contributed by atoms with Crippen LogP contribution in [-0.2, 0) is 7.05 Å². The number of amides is 1. The minimum absolute atomic E-state index is 0.0472. The van der Waals surface area contributed by atoms with Gasteiger partial charge in [0.05, 0.1) is 22.1 Å². The summed E-state index contributed by atoms with van der Waals surface area (Å²) >= 11 is 1.33. The first-order valence-corrected chi connectivity index (χ1v) is 6.93. The van der Waals surface area contributed by atoms with Crippen LogP contribution >= 0.6 is 11.3 Å². The number of aromatic nitrogens is 2. The molecule has 0 aliphatic rings. The van der Waals surface area contributed by atoms with Gasteiger partial charge < -0.3 is 10.4 Å². The number of nitrogens with zero attached hydrogens (tertiary/aromatic N) is 2. The second-order valence-corrected chi connectivity index (χ2v) is 5.27. The summed E-state index contributed by atoms with van der Waals surface area (Å²) in [5.41, 5.74) is 0.851. The highest BCUT2D eigenvalue weighted by atomic mass is 32.1.